The molecule has 0 unspecified atom stereocenters. The summed E-state index contributed by atoms with van der Waals surface area (Å²) < 4.78 is 52.4. The molecule has 0 aliphatic heterocycles. The molecule has 5 N–H and O–H groups in total. The molecule has 0 aliphatic rings. The Morgan fingerprint density at radius 2 is 1.74 bits per heavy atom. The van der Waals surface area contributed by atoms with Crippen LogP contribution in [0, 0.1) is 5.92 Å². The Labute approximate surface area is 166 Å². The van der Waals surface area contributed by atoms with Crippen molar-refractivity contribution < 1.29 is 17.6 Å². The number of hydrogen-bond donors (Lipinski definition) is 3. The van der Waals surface area contributed by atoms with Crippen molar-refractivity contribution in [2.24, 2.45) is 11.7 Å². The molecule has 0 saturated heterocycles. The Kier molecular flexibility index (Phi) is 5.93. The monoisotopic (exact) mass is 394 g/mol. The lowest BCUT2D eigenvalue weighted by molar-refractivity contribution is 0.116. The van der Waals surface area contributed by atoms with Crippen LogP contribution in [0.5, 0.6) is 0 Å². The molecular formula is C20H29N3O3S. The van der Waals surface area contributed by atoms with Crippen LogP contribution in [0.4, 0.5) is 5.69 Å². The van der Waals surface area contributed by atoms with E-state index in [1.807, 2.05) is 0 Å². The van der Waals surface area contributed by atoms with Gasteiger partial charge in [-0.2, -0.15) is 4.31 Å². The van der Waals surface area contributed by atoms with Crippen molar-refractivity contribution in [2.45, 2.75) is 37.3 Å². The van der Waals surface area contributed by atoms with Gasteiger partial charge in [-0.25, -0.2) is 8.42 Å². The zero-order chi connectivity index (χ0) is 22.7. The Morgan fingerprint density at radius 1 is 1.15 bits per heavy atom. The van der Waals surface area contributed by atoms with Gasteiger partial charge >= 0.3 is 0 Å². The van der Waals surface area contributed by atoms with E-state index < -0.39 is 28.6 Å². The molecule has 0 radical (unpaired) electrons. The van der Waals surface area contributed by atoms with E-state index in [0.29, 0.717) is 15.6 Å². The van der Waals surface area contributed by atoms with Crippen LogP contribution < -0.4 is 11.5 Å². The Balaban J connectivity index is 2.46. The van der Waals surface area contributed by atoms with E-state index in [2.05, 4.69) is 0 Å². The summed E-state index contributed by atoms with van der Waals surface area (Å²) in [5.74, 6) is -0.273. The molecule has 0 spiro atoms. The maximum absolute atomic E-state index is 13.3. The molecule has 2 atom stereocenters. The molecule has 0 aliphatic carbocycles. The van der Waals surface area contributed by atoms with Crippen LogP contribution in [-0.2, 0) is 16.4 Å². The summed E-state index contributed by atoms with van der Waals surface area (Å²) in [6, 6.07) is 12.7. The van der Waals surface area contributed by atoms with Gasteiger partial charge in [0, 0.05) is 27.5 Å². The van der Waals surface area contributed by atoms with Crippen LogP contribution >= 0.6 is 0 Å². The van der Waals surface area contributed by atoms with Crippen molar-refractivity contribution in [3.63, 3.8) is 0 Å². The van der Waals surface area contributed by atoms with Gasteiger partial charge < -0.3 is 16.6 Å². The van der Waals surface area contributed by atoms with E-state index in [-0.39, 0.29) is 23.8 Å². The molecule has 2 aromatic carbocycles. The van der Waals surface area contributed by atoms with Crippen LogP contribution in [0.1, 0.15) is 23.5 Å². The number of rotatable bonds is 9. The van der Waals surface area contributed by atoms with E-state index in [1.54, 1.807) is 44.2 Å². The van der Waals surface area contributed by atoms with Crippen molar-refractivity contribution in [3.05, 3.63) is 60.2 Å². The lowest BCUT2D eigenvalue weighted by atomic mass is 10.0. The molecule has 0 heterocycles. The predicted molar refractivity (Wildman–Crippen MR) is 109 cm³/mol. The normalized spacial score (nSPS) is 17.8. The SMILES string of the molecule is [2H]C([2H])(N(CC(C)C)S(=O)(=O)c1ccc(N)cc1)[C@@]([2H])(O)[C@@H](N)Cc1ccccc1. The Hall–Kier alpha value is -1.93. The molecule has 0 amide bonds. The van der Waals surface area contributed by atoms with Crippen LogP contribution in [0.15, 0.2) is 59.5 Å². The summed E-state index contributed by atoms with van der Waals surface area (Å²) in [7, 11) is -4.39. The predicted octanol–water partition coefficient (Wildman–Crippen LogP) is 1.85. The fourth-order valence-electron chi connectivity index (χ4n) is 2.48. The summed E-state index contributed by atoms with van der Waals surface area (Å²) in [5.41, 5.74) is 12.7. The quantitative estimate of drug-likeness (QED) is 0.562. The summed E-state index contributed by atoms with van der Waals surface area (Å²) in [5, 5.41) is 10.9. The first-order valence-corrected chi connectivity index (χ1v) is 10.1. The minimum atomic E-state index is -4.39. The number of sulfonamides is 1. The van der Waals surface area contributed by atoms with Gasteiger partial charge in [-0.3, -0.25) is 0 Å². The molecule has 7 heteroatoms. The highest BCUT2D eigenvalue weighted by Gasteiger charge is 2.29. The van der Waals surface area contributed by atoms with Gasteiger partial charge in [-0.05, 0) is 42.2 Å². The molecule has 0 saturated carbocycles. The third-order valence-electron chi connectivity index (χ3n) is 3.89. The van der Waals surface area contributed by atoms with Crippen LogP contribution in [0.2, 0.25) is 0 Å². The fraction of sp³-hybridized carbons (Fsp3) is 0.400. The minimum absolute atomic E-state index is 0.00220. The molecule has 2 aromatic rings. The van der Waals surface area contributed by atoms with E-state index in [9.17, 15) is 13.5 Å². The van der Waals surface area contributed by atoms with Crippen molar-refractivity contribution >= 4 is 15.7 Å². The lowest BCUT2D eigenvalue weighted by Gasteiger charge is -2.28. The van der Waals surface area contributed by atoms with Gasteiger partial charge in [0.2, 0.25) is 10.0 Å². The van der Waals surface area contributed by atoms with Crippen LogP contribution in [0.25, 0.3) is 0 Å². The molecular weight excluding hydrogens is 362 g/mol. The Morgan fingerprint density at radius 3 is 2.30 bits per heavy atom. The topological polar surface area (TPSA) is 110 Å². The van der Waals surface area contributed by atoms with E-state index in [0.717, 1.165) is 0 Å². The first-order valence-electron chi connectivity index (χ1n) is 10.2. The fourth-order valence-corrected chi connectivity index (χ4v) is 3.92. The van der Waals surface area contributed by atoms with Gasteiger partial charge in [-0.15, -0.1) is 0 Å². The summed E-state index contributed by atoms with van der Waals surface area (Å²) >= 11 is 0. The highest BCUT2D eigenvalue weighted by Crippen LogP contribution is 2.19. The maximum Gasteiger partial charge on any atom is 0.243 e. The number of benzene rings is 2. The average Bonchev–Trinajstić information content (AvgIpc) is 2.66. The average molecular weight is 395 g/mol. The second-order valence-corrected chi connectivity index (χ2v) is 8.65. The number of hydrogen-bond acceptors (Lipinski definition) is 5. The lowest BCUT2D eigenvalue weighted by Crippen LogP contribution is -2.47. The summed E-state index contributed by atoms with van der Waals surface area (Å²) in [4.78, 5) is -0.186. The molecule has 27 heavy (non-hydrogen) atoms. The standard InChI is InChI=1S/C20H29N3O3S/c1-15(2)13-23(27(25,26)18-10-8-17(21)9-11-18)14-20(24)19(22)12-16-6-4-3-5-7-16/h3-11,15,19-20,24H,12-14,21-22H2,1-2H3/t19-,20+/m0/s1/i14D2,20D. The van der Waals surface area contributed by atoms with Gasteiger partial charge in [-0.1, -0.05) is 44.2 Å². The maximum atomic E-state index is 13.3. The van der Waals surface area contributed by atoms with Crippen molar-refractivity contribution in [3.8, 4) is 0 Å². The molecule has 0 bridgehead atoms. The van der Waals surface area contributed by atoms with Gasteiger partial charge in [0.25, 0.3) is 0 Å². The largest absolute Gasteiger partial charge is 0.399 e. The number of nitrogen functional groups attached to an aromatic ring is 1. The number of nitrogens with two attached hydrogens (primary N) is 2. The van der Waals surface area contributed by atoms with Gasteiger partial charge in [0.15, 0.2) is 0 Å². The highest BCUT2D eigenvalue weighted by atomic mass is 32.2. The summed E-state index contributed by atoms with van der Waals surface area (Å²) in [6.45, 7) is 0.174. The summed E-state index contributed by atoms with van der Waals surface area (Å²) in [6.07, 6.45) is -2.92. The molecule has 2 rings (SSSR count). The number of aliphatic hydroxyl groups is 1. The molecule has 148 valence electrons. The van der Waals surface area contributed by atoms with Gasteiger partial charge in [0.1, 0.15) is 0 Å². The Bertz CT molecular complexity index is 937. The first-order chi connectivity index (χ1) is 13.8. The van der Waals surface area contributed by atoms with Crippen molar-refractivity contribution in [2.75, 3.05) is 18.8 Å². The third-order valence-corrected chi connectivity index (χ3v) is 5.58. The number of nitrogens with zero attached hydrogens (tertiary/aromatic N) is 1. The van der Waals surface area contributed by atoms with E-state index in [4.69, 9.17) is 15.6 Å². The van der Waals surface area contributed by atoms with Gasteiger partial charge in [0.05, 0.1) is 12.3 Å². The third kappa shape index (κ3) is 6.04. The zero-order valence-electron chi connectivity index (χ0n) is 18.5. The van der Waals surface area contributed by atoms with Crippen LogP contribution in [0.3, 0.4) is 0 Å². The molecule has 0 fully saturated rings. The minimum Gasteiger partial charge on any atom is -0.399 e. The van der Waals surface area contributed by atoms with E-state index in [1.165, 1.54) is 24.3 Å². The van der Waals surface area contributed by atoms with Crippen LogP contribution in [-0.4, -0.2) is 43.0 Å². The molecule has 0 aromatic heterocycles. The second-order valence-electron chi connectivity index (χ2n) is 6.79. The first kappa shape index (κ1) is 17.2. The van der Waals surface area contributed by atoms with E-state index >= 15 is 0 Å². The second kappa shape index (κ2) is 9.32. The number of anilines is 1. The van der Waals surface area contributed by atoms with Crippen molar-refractivity contribution in [1.29, 1.82) is 0 Å². The zero-order valence-corrected chi connectivity index (χ0v) is 16.4. The highest BCUT2D eigenvalue weighted by molar-refractivity contribution is 7.89. The van der Waals surface area contributed by atoms with Crippen molar-refractivity contribution in [1.82, 2.24) is 4.31 Å². The smallest absolute Gasteiger partial charge is 0.243 e. The molecule has 6 nitrogen and oxygen atoms in total.